The van der Waals surface area contributed by atoms with Crippen LogP contribution >= 0.6 is 23.4 Å². The molecule has 0 bridgehead atoms. The van der Waals surface area contributed by atoms with E-state index in [2.05, 4.69) is 42.0 Å². The van der Waals surface area contributed by atoms with Crippen molar-refractivity contribution in [1.29, 1.82) is 0 Å². The third-order valence-electron chi connectivity index (χ3n) is 5.48. The summed E-state index contributed by atoms with van der Waals surface area (Å²) < 4.78 is 2.11. The molecule has 0 N–H and O–H groups in total. The van der Waals surface area contributed by atoms with E-state index in [-0.39, 0.29) is 5.91 Å². The molecule has 1 aliphatic rings. The zero-order valence-electron chi connectivity index (χ0n) is 16.1. The number of hydrogen-bond donors (Lipinski definition) is 0. The Hall–Kier alpha value is -1.91. The Morgan fingerprint density at radius 2 is 1.93 bits per heavy atom. The van der Waals surface area contributed by atoms with Gasteiger partial charge in [-0.15, -0.1) is 11.8 Å². The van der Waals surface area contributed by atoms with Gasteiger partial charge in [0.1, 0.15) is 6.54 Å². The van der Waals surface area contributed by atoms with Gasteiger partial charge < -0.3 is 9.47 Å². The Balaban J connectivity index is 1.52. The van der Waals surface area contributed by atoms with Crippen LogP contribution in [0.1, 0.15) is 25.3 Å². The summed E-state index contributed by atoms with van der Waals surface area (Å²) >= 11 is 7.90. The second kappa shape index (κ2) is 8.62. The van der Waals surface area contributed by atoms with Gasteiger partial charge in [0.2, 0.25) is 5.91 Å². The number of rotatable bonds is 5. The first-order valence-electron chi connectivity index (χ1n) is 9.83. The summed E-state index contributed by atoms with van der Waals surface area (Å²) in [6.07, 6.45) is 4.35. The summed E-state index contributed by atoms with van der Waals surface area (Å²) in [6, 6.07) is 16.3. The van der Waals surface area contributed by atoms with Gasteiger partial charge in [-0.05, 0) is 42.5 Å². The van der Waals surface area contributed by atoms with Crippen LogP contribution in [0.3, 0.4) is 0 Å². The number of fused-ring (bicyclic) bond motifs is 1. The molecule has 5 heteroatoms. The lowest BCUT2D eigenvalue weighted by molar-refractivity contribution is -0.133. The number of carbonyl (C=O) groups is 1. The zero-order valence-corrected chi connectivity index (χ0v) is 17.7. The molecule has 2 heterocycles. The van der Waals surface area contributed by atoms with Crippen LogP contribution in [0.25, 0.3) is 10.9 Å². The summed E-state index contributed by atoms with van der Waals surface area (Å²) in [6.45, 7) is 4.45. The van der Waals surface area contributed by atoms with Gasteiger partial charge in [0, 0.05) is 45.9 Å². The van der Waals surface area contributed by atoms with Crippen molar-refractivity contribution in [2.45, 2.75) is 37.0 Å². The van der Waals surface area contributed by atoms with E-state index < -0.39 is 0 Å². The fourth-order valence-electron chi connectivity index (χ4n) is 3.75. The summed E-state index contributed by atoms with van der Waals surface area (Å²) in [5.74, 6) is 1.80. The number of amides is 1. The molecule has 1 saturated heterocycles. The molecule has 1 amide bonds. The van der Waals surface area contributed by atoms with Crippen molar-refractivity contribution >= 4 is 40.2 Å². The average molecular weight is 413 g/mol. The molecule has 3 aromatic rings. The molecule has 1 fully saturated rings. The fourth-order valence-corrected chi connectivity index (χ4v) is 4.99. The quantitative estimate of drug-likeness (QED) is 0.491. The first kappa shape index (κ1) is 19.4. The summed E-state index contributed by atoms with van der Waals surface area (Å²) in [5, 5.41) is 1.97. The summed E-state index contributed by atoms with van der Waals surface area (Å²) in [5.41, 5.74) is 2.32. The minimum absolute atomic E-state index is 0.221. The second-order valence-corrected chi connectivity index (χ2v) is 9.07. The molecule has 0 atom stereocenters. The molecular formula is C23H25ClN2OS. The number of nitrogens with zero attached hydrogens (tertiary/aromatic N) is 2. The number of para-hydroxylation sites is 1. The summed E-state index contributed by atoms with van der Waals surface area (Å²) in [7, 11) is 0. The van der Waals surface area contributed by atoms with Crippen LogP contribution in [-0.2, 0) is 17.1 Å². The van der Waals surface area contributed by atoms with E-state index in [9.17, 15) is 4.79 Å². The largest absolute Gasteiger partial charge is 0.341 e. The van der Waals surface area contributed by atoms with Gasteiger partial charge in [0.05, 0.1) is 0 Å². The topological polar surface area (TPSA) is 25.2 Å². The monoisotopic (exact) mass is 412 g/mol. The van der Waals surface area contributed by atoms with Gasteiger partial charge in [0.15, 0.2) is 0 Å². The molecule has 3 nitrogen and oxygen atoms in total. The van der Waals surface area contributed by atoms with Crippen molar-refractivity contribution in [3.8, 4) is 0 Å². The summed E-state index contributed by atoms with van der Waals surface area (Å²) in [4.78, 5) is 16.1. The lowest BCUT2D eigenvalue weighted by Gasteiger charge is -2.30. The van der Waals surface area contributed by atoms with Gasteiger partial charge in [-0.25, -0.2) is 0 Å². The first-order chi connectivity index (χ1) is 13.6. The highest BCUT2D eigenvalue weighted by Gasteiger charge is 2.21. The minimum Gasteiger partial charge on any atom is -0.341 e. The number of benzene rings is 2. The third-order valence-corrected chi connectivity index (χ3v) is 6.83. The lowest BCUT2D eigenvalue weighted by Crippen LogP contribution is -2.39. The van der Waals surface area contributed by atoms with Crippen LogP contribution in [0.15, 0.2) is 59.6 Å². The smallest absolute Gasteiger partial charge is 0.242 e. The molecule has 1 aliphatic heterocycles. The highest BCUT2D eigenvalue weighted by atomic mass is 35.5. The number of halogens is 1. The van der Waals surface area contributed by atoms with E-state index in [1.807, 2.05) is 29.2 Å². The Labute approximate surface area is 175 Å². The molecule has 146 valence electrons. The van der Waals surface area contributed by atoms with E-state index in [0.29, 0.717) is 6.54 Å². The Morgan fingerprint density at radius 1 is 1.14 bits per heavy atom. The minimum atomic E-state index is 0.221. The van der Waals surface area contributed by atoms with E-state index >= 15 is 0 Å². The standard InChI is InChI=1S/C23H25ClN2OS/c1-17-9-11-25(12-10-17)23(27)15-26-14-22(20-7-2-3-8-21(20)26)28-16-18-5-4-6-19(24)13-18/h2-8,13-14,17H,9-12,15-16H2,1H3. The predicted molar refractivity (Wildman–Crippen MR) is 118 cm³/mol. The number of thioether (sulfide) groups is 1. The molecule has 0 unspecified atom stereocenters. The SMILES string of the molecule is CC1CCN(C(=O)Cn2cc(SCc3cccc(Cl)c3)c3ccccc32)CC1. The molecule has 2 aromatic carbocycles. The van der Waals surface area contributed by atoms with Crippen molar-refractivity contribution in [3.05, 3.63) is 65.3 Å². The molecule has 4 rings (SSSR count). The second-order valence-electron chi connectivity index (χ2n) is 7.62. The van der Waals surface area contributed by atoms with Gasteiger partial charge in [-0.1, -0.05) is 48.9 Å². The normalized spacial score (nSPS) is 15.3. The molecule has 0 radical (unpaired) electrons. The molecule has 0 spiro atoms. The van der Waals surface area contributed by atoms with Crippen molar-refractivity contribution < 1.29 is 4.79 Å². The van der Waals surface area contributed by atoms with Crippen LogP contribution in [0.5, 0.6) is 0 Å². The average Bonchev–Trinajstić information content (AvgIpc) is 3.05. The number of hydrogen-bond acceptors (Lipinski definition) is 2. The lowest BCUT2D eigenvalue weighted by atomic mass is 9.99. The Morgan fingerprint density at radius 3 is 2.71 bits per heavy atom. The van der Waals surface area contributed by atoms with Crippen molar-refractivity contribution in [2.75, 3.05) is 13.1 Å². The maximum absolute atomic E-state index is 12.8. The molecule has 0 saturated carbocycles. The number of likely N-dealkylation sites (tertiary alicyclic amines) is 1. The molecule has 28 heavy (non-hydrogen) atoms. The number of piperidine rings is 1. The molecular weight excluding hydrogens is 388 g/mol. The van der Waals surface area contributed by atoms with E-state index in [0.717, 1.165) is 48.1 Å². The Bertz CT molecular complexity index is 976. The maximum atomic E-state index is 12.8. The maximum Gasteiger partial charge on any atom is 0.242 e. The van der Waals surface area contributed by atoms with E-state index in [4.69, 9.17) is 11.6 Å². The highest BCUT2D eigenvalue weighted by molar-refractivity contribution is 7.98. The van der Waals surface area contributed by atoms with Crippen LogP contribution in [0, 0.1) is 5.92 Å². The van der Waals surface area contributed by atoms with Crippen LogP contribution < -0.4 is 0 Å². The van der Waals surface area contributed by atoms with E-state index in [1.165, 1.54) is 15.8 Å². The van der Waals surface area contributed by atoms with Crippen LogP contribution in [-0.4, -0.2) is 28.5 Å². The zero-order chi connectivity index (χ0) is 19.5. The first-order valence-corrected chi connectivity index (χ1v) is 11.2. The van der Waals surface area contributed by atoms with Crippen molar-refractivity contribution in [1.82, 2.24) is 9.47 Å². The molecule has 1 aromatic heterocycles. The van der Waals surface area contributed by atoms with Gasteiger partial charge in [-0.2, -0.15) is 0 Å². The van der Waals surface area contributed by atoms with Crippen LogP contribution in [0.4, 0.5) is 0 Å². The van der Waals surface area contributed by atoms with Gasteiger partial charge >= 0.3 is 0 Å². The highest BCUT2D eigenvalue weighted by Crippen LogP contribution is 2.32. The van der Waals surface area contributed by atoms with Gasteiger partial charge in [0.25, 0.3) is 0 Å². The Kier molecular flexibility index (Phi) is 5.98. The van der Waals surface area contributed by atoms with E-state index in [1.54, 1.807) is 11.8 Å². The predicted octanol–water partition coefficient (Wildman–Crippen LogP) is 5.85. The van der Waals surface area contributed by atoms with Crippen molar-refractivity contribution in [2.24, 2.45) is 5.92 Å². The van der Waals surface area contributed by atoms with Crippen LogP contribution in [0.2, 0.25) is 5.02 Å². The number of aromatic nitrogens is 1. The number of carbonyl (C=O) groups excluding carboxylic acids is 1. The molecule has 0 aliphatic carbocycles. The van der Waals surface area contributed by atoms with Gasteiger partial charge in [-0.3, -0.25) is 4.79 Å². The fraction of sp³-hybridized carbons (Fsp3) is 0.348. The third kappa shape index (κ3) is 4.39. The van der Waals surface area contributed by atoms with Crippen molar-refractivity contribution in [3.63, 3.8) is 0 Å².